The fourth-order valence-electron chi connectivity index (χ4n) is 0.878. The normalized spacial score (nSPS) is 8.69. The van der Waals surface area contributed by atoms with Gasteiger partial charge in [0.15, 0.2) is 5.69 Å². The van der Waals surface area contributed by atoms with Crippen LogP contribution < -0.4 is 22.1 Å². The maximum atomic E-state index is 10.3. The molecule has 0 aliphatic heterocycles. The van der Waals surface area contributed by atoms with E-state index in [1.807, 2.05) is 0 Å². The lowest BCUT2D eigenvalue weighted by atomic mass is 10.3. The molecule has 0 radical (unpaired) electrons. The van der Waals surface area contributed by atoms with Crippen molar-refractivity contribution in [2.75, 3.05) is 7.11 Å². The number of rotatable bonds is 3. The molecule has 0 saturated heterocycles. The number of carboxylic acid groups (broad SMARTS) is 1. The predicted molar refractivity (Wildman–Crippen MR) is 40.9 cm³/mol. The van der Waals surface area contributed by atoms with Crippen LogP contribution in [0.2, 0.25) is 0 Å². The van der Waals surface area contributed by atoms with Crippen LogP contribution in [0.5, 0.6) is 5.88 Å². The molecule has 72 valence electrons. The summed E-state index contributed by atoms with van der Waals surface area (Å²) in [5, 5.41) is 8.47. The molecule has 5 heteroatoms. The maximum absolute atomic E-state index is 10.3. The van der Waals surface area contributed by atoms with Gasteiger partial charge in [-0.3, -0.25) is 4.79 Å². The lowest BCUT2D eigenvalue weighted by molar-refractivity contribution is -0.403. The first-order valence-corrected chi connectivity index (χ1v) is 3.49. The van der Waals surface area contributed by atoms with Gasteiger partial charge in [-0.1, -0.05) is 0 Å². The van der Waals surface area contributed by atoms with Crippen molar-refractivity contribution in [3.05, 3.63) is 23.9 Å². The molecule has 0 aliphatic rings. The molecule has 0 bridgehead atoms. The highest BCUT2D eigenvalue weighted by molar-refractivity contribution is 5.69. The van der Waals surface area contributed by atoms with Gasteiger partial charge in [0.2, 0.25) is 0 Å². The summed E-state index contributed by atoms with van der Waals surface area (Å²) in [6.45, 7) is 0. The molecule has 0 aromatic carbocycles. The molecule has 1 aromatic heterocycles. The van der Waals surface area contributed by atoms with E-state index in [-0.39, 0.29) is 18.8 Å². The number of pyridine rings is 1. The molecule has 13 heavy (non-hydrogen) atoms. The van der Waals surface area contributed by atoms with Crippen molar-refractivity contribution < 1.29 is 32.0 Å². The molecule has 0 saturated carbocycles. The Morgan fingerprint density at radius 2 is 2.31 bits per heavy atom. The zero-order chi connectivity index (χ0) is 8.97. The van der Waals surface area contributed by atoms with Crippen molar-refractivity contribution in [2.24, 2.45) is 0 Å². The Kier molecular flexibility index (Phi) is 4.84. The van der Waals surface area contributed by atoms with E-state index in [4.69, 9.17) is 9.84 Å². The molecular formula is C8H10ClNO3. The third-order valence-electron chi connectivity index (χ3n) is 1.39. The topological polar surface area (TPSA) is 60.7 Å². The number of halogens is 1. The van der Waals surface area contributed by atoms with Crippen LogP contribution in [0, 0.1) is 0 Å². The zero-order valence-electron chi connectivity index (χ0n) is 7.08. The minimum Gasteiger partial charge on any atom is -1.00 e. The second-order valence-corrected chi connectivity index (χ2v) is 2.31. The van der Waals surface area contributed by atoms with Gasteiger partial charge in [-0.15, -0.1) is 0 Å². The molecule has 0 unspecified atom stereocenters. The second-order valence-electron chi connectivity index (χ2n) is 2.31. The fourth-order valence-corrected chi connectivity index (χ4v) is 0.878. The molecule has 0 fully saturated rings. The van der Waals surface area contributed by atoms with Gasteiger partial charge in [-0.25, -0.2) is 0 Å². The average Bonchev–Trinajstić information content (AvgIpc) is 2.03. The van der Waals surface area contributed by atoms with E-state index < -0.39 is 5.97 Å². The van der Waals surface area contributed by atoms with E-state index in [0.29, 0.717) is 11.6 Å². The Labute approximate surface area is 82.0 Å². The van der Waals surface area contributed by atoms with Gasteiger partial charge in [0.05, 0.1) is 13.2 Å². The number of hydrogen-bond acceptors (Lipinski definition) is 2. The third-order valence-corrected chi connectivity index (χ3v) is 1.39. The van der Waals surface area contributed by atoms with Crippen molar-refractivity contribution in [3.63, 3.8) is 0 Å². The molecule has 1 rings (SSSR count). The van der Waals surface area contributed by atoms with Crippen molar-refractivity contribution in [1.82, 2.24) is 0 Å². The second kappa shape index (κ2) is 5.37. The number of aliphatic carboxylic acids is 1. The molecule has 2 N–H and O–H groups in total. The number of carboxylic acids is 1. The van der Waals surface area contributed by atoms with E-state index >= 15 is 0 Å². The van der Waals surface area contributed by atoms with E-state index in [9.17, 15) is 4.79 Å². The standard InChI is InChI=1S/C8H9NO3.ClH/c1-12-7-4-2-3-6(9-7)5-8(10)11;/h2-4H,5H2,1H3,(H,10,11);1H. The minimum atomic E-state index is -0.862. The van der Waals surface area contributed by atoms with E-state index in [1.165, 1.54) is 7.11 Å². The molecule has 4 nitrogen and oxygen atoms in total. The van der Waals surface area contributed by atoms with Crippen molar-refractivity contribution in [1.29, 1.82) is 0 Å². The van der Waals surface area contributed by atoms with Crippen LogP contribution in [0.3, 0.4) is 0 Å². The molecule has 0 amide bonds. The number of aromatic nitrogens is 1. The molecule has 1 heterocycles. The first-order valence-electron chi connectivity index (χ1n) is 3.49. The molecule has 0 aliphatic carbocycles. The van der Waals surface area contributed by atoms with E-state index in [1.54, 1.807) is 18.2 Å². The average molecular weight is 204 g/mol. The van der Waals surface area contributed by atoms with Crippen LogP contribution in [0.4, 0.5) is 0 Å². The van der Waals surface area contributed by atoms with E-state index in [2.05, 4.69) is 4.98 Å². The van der Waals surface area contributed by atoms with E-state index in [0.717, 1.165) is 0 Å². The largest absolute Gasteiger partial charge is 1.00 e. The summed E-state index contributed by atoms with van der Waals surface area (Å²) in [7, 11) is 1.52. The summed E-state index contributed by atoms with van der Waals surface area (Å²) in [6, 6.07) is 5.18. The SMILES string of the molecule is COc1cccc(CC(=O)O)[nH+]1.[Cl-]. The van der Waals surface area contributed by atoms with Gasteiger partial charge >= 0.3 is 11.8 Å². The van der Waals surface area contributed by atoms with Gasteiger partial charge in [0.1, 0.15) is 6.42 Å². The Morgan fingerprint density at radius 3 is 2.85 bits per heavy atom. The van der Waals surface area contributed by atoms with Crippen molar-refractivity contribution in [2.45, 2.75) is 6.42 Å². The highest BCUT2D eigenvalue weighted by atomic mass is 35.5. The highest BCUT2D eigenvalue weighted by Gasteiger charge is 2.08. The Morgan fingerprint density at radius 1 is 1.62 bits per heavy atom. The van der Waals surface area contributed by atoms with Gasteiger partial charge in [-0.05, 0) is 6.07 Å². The van der Waals surface area contributed by atoms with Gasteiger partial charge < -0.3 is 22.3 Å². The molecular weight excluding hydrogens is 194 g/mol. The fraction of sp³-hybridized carbons (Fsp3) is 0.250. The summed E-state index contributed by atoms with van der Waals surface area (Å²) in [5.74, 6) is -0.298. The summed E-state index contributed by atoms with van der Waals surface area (Å²) in [6.07, 6.45) is -0.0167. The van der Waals surface area contributed by atoms with Crippen molar-refractivity contribution in [3.8, 4) is 5.88 Å². The lowest BCUT2D eigenvalue weighted by Gasteiger charge is -1.92. The lowest BCUT2D eigenvalue weighted by Crippen LogP contribution is -3.00. The van der Waals surface area contributed by atoms with Crippen molar-refractivity contribution >= 4 is 5.97 Å². The molecule has 1 aromatic rings. The first kappa shape index (κ1) is 11.7. The first-order chi connectivity index (χ1) is 5.72. The maximum Gasteiger partial charge on any atom is 0.366 e. The van der Waals surface area contributed by atoms with Crippen LogP contribution >= 0.6 is 0 Å². The summed E-state index contributed by atoms with van der Waals surface area (Å²) in [4.78, 5) is 13.1. The van der Waals surface area contributed by atoms with Gasteiger partial charge in [0.25, 0.3) is 0 Å². The van der Waals surface area contributed by atoms with Crippen LogP contribution in [0.1, 0.15) is 5.69 Å². The number of nitrogens with one attached hydrogen (secondary N) is 1. The number of aromatic amines is 1. The predicted octanol–water partition coefficient (Wildman–Crippen LogP) is -2.86. The monoisotopic (exact) mass is 203 g/mol. The van der Waals surface area contributed by atoms with Crippen LogP contribution in [0.25, 0.3) is 0 Å². The summed E-state index contributed by atoms with van der Waals surface area (Å²) >= 11 is 0. The third kappa shape index (κ3) is 3.75. The number of hydrogen-bond donors (Lipinski definition) is 1. The number of H-pyrrole nitrogens is 1. The molecule has 0 atom stereocenters. The van der Waals surface area contributed by atoms with Crippen LogP contribution in [-0.4, -0.2) is 18.2 Å². The quantitative estimate of drug-likeness (QED) is 0.575. The summed E-state index contributed by atoms with van der Waals surface area (Å²) in [5.41, 5.74) is 0.627. The number of carbonyl (C=O) groups is 1. The minimum absolute atomic E-state index is 0. The van der Waals surface area contributed by atoms with Gasteiger partial charge in [-0.2, -0.15) is 4.98 Å². The van der Waals surface area contributed by atoms with Crippen LogP contribution in [-0.2, 0) is 11.2 Å². The zero-order valence-corrected chi connectivity index (χ0v) is 7.84. The number of ether oxygens (including phenoxy) is 1. The van der Waals surface area contributed by atoms with Gasteiger partial charge in [0, 0.05) is 6.07 Å². The van der Waals surface area contributed by atoms with Crippen LogP contribution in [0.15, 0.2) is 18.2 Å². The Hall–Kier alpha value is -1.29. The summed E-state index contributed by atoms with van der Waals surface area (Å²) < 4.78 is 4.89. The Balaban J connectivity index is 0.00000144. The Bertz CT molecular complexity index is 290. The highest BCUT2D eigenvalue weighted by Crippen LogP contribution is 2.00. The number of methoxy groups -OCH3 is 1. The molecule has 0 spiro atoms. The smallest absolute Gasteiger partial charge is 0.366 e.